The van der Waals surface area contributed by atoms with Crippen LogP contribution in [0.15, 0.2) is 34.2 Å². The van der Waals surface area contributed by atoms with Crippen molar-refractivity contribution in [2.24, 2.45) is 4.40 Å². The lowest BCUT2D eigenvalue weighted by Gasteiger charge is -2.17. The van der Waals surface area contributed by atoms with Gasteiger partial charge in [0.1, 0.15) is 16.5 Å². The molecule has 1 fully saturated rings. The average molecular weight is 306 g/mol. The summed E-state index contributed by atoms with van der Waals surface area (Å²) in [7, 11) is -2.03. The van der Waals surface area contributed by atoms with E-state index in [2.05, 4.69) is 9.30 Å². The topological polar surface area (TPSA) is 59.0 Å². The van der Waals surface area contributed by atoms with E-state index in [0.717, 1.165) is 31.5 Å². The Labute approximate surface area is 125 Å². The minimum atomic E-state index is -3.61. The molecule has 1 aromatic rings. The number of hydrogen-bond acceptors (Lipinski definition) is 4. The van der Waals surface area contributed by atoms with Crippen molar-refractivity contribution in [1.29, 1.82) is 0 Å². The lowest BCUT2D eigenvalue weighted by Crippen LogP contribution is -2.27. The Hall–Kier alpha value is -1.82. The van der Waals surface area contributed by atoms with E-state index in [-0.39, 0.29) is 0 Å². The van der Waals surface area contributed by atoms with Crippen LogP contribution in [0.5, 0.6) is 5.75 Å². The molecule has 0 atom stereocenters. The molecule has 0 amide bonds. The normalized spacial score (nSPS) is 20.9. The van der Waals surface area contributed by atoms with E-state index in [9.17, 15) is 8.42 Å². The number of amidine groups is 1. The molecule has 0 radical (unpaired) electrons. The Bertz CT molecular complexity index is 712. The van der Waals surface area contributed by atoms with E-state index in [4.69, 9.17) is 4.74 Å². The molecule has 2 aliphatic heterocycles. The number of methoxy groups -OCH3 is 1. The second-order valence-corrected chi connectivity index (χ2v) is 6.81. The van der Waals surface area contributed by atoms with Crippen LogP contribution in [0.1, 0.15) is 25.3 Å². The average Bonchev–Trinajstić information content (AvgIpc) is 3.06. The summed E-state index contributed by atoms with van der Waals surface area (Å²) in [5, 5.41) is 0. The number of sulfonamides is 1. The van der Waals surface area contributed by atoms with Gasteiger partial charge in [0.05, 0.1) is 7.11 Å². The van der Waals surface area contributed by atoms with E-state index < -0.39 is 10.0 Å². The zero-order valence-corrected chi connectivity index (χ0v) is 13.0. The van der Waals surface area contributed by atoms with Crippen molar-refractivity contribution in [3.05, 3.63) is 35.4 Å². The van der Waals surface area contributed by atoms with Crippen LogP contribution in [0.3, 0.4) is 0 Å². The fourth-order valence-corrected chi connectivity index (χ4v) is 4.34. The Morgan fingerprint density at radius 1 is 1.14 bits per heavy atom. The first kappa shape index (κ1) is 14.1. The third-order valence-electron chi connectivity index (χ3n) is 3.90. The van der Waals surface area contributed by atoms with Crippen molar-refractivity contribution in [3.63, 3.8) is 0 Å². The Morgan fingerprint density at radius 3 is 2.33 bits per heavy atom. The summed E-state index contributed by atoms with van der Waals surface area (Å²) in [6.45, 7) is 3.59. The van der Waals surface area contributed by atoms with E-state index in [1.165, 1.54) is 0 Å². The number of rotatable bonds is 2. The van der Waals surface area contributed by atoms with Gasteiger partial charge in [-0.2, -0.15) is 8.42 Å². The molecule has 2 aliphatic rings. The van der Waals surface area contributed by atoms with Crippen LogP contribution in [0.25, 0.3) is 4.91 Å². The fourth-order valence-electron chi connectivity index (χ4n) is 2.85. The van der Waals surface area contributed by atoms with Crippen molar-refractivity contribution < 1.29 is 13.2 Å². The second kappa shape index (κ2) is 5.18. The number of ether oxygens (including phenoxy) is 1. The molecule has 1 saturated heterocycles. The molecule has 0 unspecified atom stereocenters. The van der Waals surface area contributed by atoms with Crippen molar-refractivity contribution in [2.45, 2.75) is 19.8 Å². The van der Waals surface area contributed by atoms with Crippen LogP contribution in [0.2, 0.25) is 0 Å². The first-order valence-electron chi connectivity index (χ1n) is 6.98. The Balaban J connectivity index is 2.03. The van der Waals surface area contributed by atoms with Gasteiger partial charge in [-0.3, -0.25) is 0 Å². The summed E-state index contributed by atoms with van der Waals surface area (Å²) in [5.74, 6) is 1.31. The van der Waals surface area contributed by atoms with E-state index in [1.54, 1.807) is 31.4 Å². The summed E-state index contributed by atoms with van der Waals surface area (Å²) in [5.41, 5.74) is 1.40. The lowest BCUT2D eigenvalue weighted by atomic mass is 10.1. The first-order chi connectivity index (χ1) is 10.0. The first-order valence-corrected chi connectivity index (χ1v) is 8.42. The molecule has 0 N–H and O–H groups in total. The zero-order chi connectivity index (χ0) is 15.0. The summed E-state index contributed by atoms with van der Waals surface area (Å²) in [6.07, 6.45) is 2.18. The van der Waals surface area contributed by atoms with Gasteiger partial charge in [-0.05, 0) is 49.6 Å². The second-order valence-electron chi connectivity index (χ2n) is 5.27. The third-order valence-corrected chi connectivity index (χ3v) is 5.37. The highest BCUT2D eigenvalue weighted by Gasteiger charge is 2.34. The monoisotopic (exact) mass is 306 g/mol. The molecule has 5 nitrogen and oxygen atoms in total. The van der Waals surface area contributed by atoms with Crippen molar-refractivity contribution >= 4 is 20.8 Å². The molecule has 0 aromatic heterocycles. The van der Waals surface area contributed by atoms with Gasteiger partial charge in [0, 0.05) is 18.7 Å². The van der Waals surface area contributed by atoms with Gasteiger partial charge in [-0.15, -0.1) is 4.40 Å². The predicted molar refractivity (Wildman–Crippen MR) is 82.7 cm³/mol. The van der Waals surface area contributed by atoms with Crippen LogP contribution in [0, 0.1) is 0 Å². The van der Waals surface area contributed by atoms with Gasteiger partial charge in [0.25, 0.3) is 10.0 Å². The van der Waals surface area contributed by atoms with Crippen molar-refractivity contribution in [2.75, 3.05) is 20.2 Å². The summed E-state index contributed by atoms with van der Waals surface area (Å²) >= 11 is 0. The highest BCUT2D eigenvalue weighted by Crippen LogP contribution is 2.34. The molecule has 2 heterocycles. The molecule has 6 heteroatoms. The molecule has 0 saturated carbocycles. The number of benzene rings is 1. The zero-order valence-electron chi connectivity index (χ0n) is 12.2. The van der Waals surface area contributed by atoms with Gasteiger partial charge in [0.15, 0.2) is 0 Å². The standard InChI is InChI=1S/C15H18N2O3S/c1-11-14(12-5-7-13(20-2)8-6-12)21(18,19)16-15(11)17-9-3-4-10-17/h5-8H,3-4,9-10H2,1-2H3. The highest BCUT2D eigenvalue weighted by molar-refractivity contribution is 8.00. The summed E-state index contributed by atoms with van der Waals surface area (Å²) < 4.78 is 33.9. The number of nitrogens with zero attached hydrogens (tertiary/aromatic N) is 2. The van der Waals surface area contributed by atoms with E-state index in [0.29, 0.717) is 22.1 Å². The molecular formula is C15H18N2O3S. The smallest absolute Gasteiger partial charge is 0.285 e. The van der Waals surface area contributed by atoms with Gasteiger partial charge in [-0.25, -0.2) is 0 Å². The van der Waals surface area contributed by atoms with Crippen LogP contribution in [-0.4, -0.2) is 39.4 Å². The van der Waals surface area contributed by atoms with Crippen molar-refractivity contribution in [3.8, 4) is 5.75 Å². The highest BCUT2D eigenvalue weighted by atomic mass is 32.2. The quantitative estimate of drug-likeness (QED) is 0.841. The molecule has 112 valence electrons. The fraction of sp³-hybridized carbons (Fsp3) is 0.400. The SMILES string of the molecule is COc1ccc(C2=C(C)C(N3CCCC3)=NS2(=O)=O)cc1. The minimum absolute atomic E-state index is 0.312. The van der Waals surface area contributed by atoms with E-state index in [1.807, 2.05) is 6.92 Å². The van der Waals surface area contributed by atoms with Gasteiger partial charge >= 0.3 is 0 Å². The van der Waals surface area contributed by atoms with Gasteiger partial charge in [-0.1, -0.05) is 0 Å². The summed E-state index contributed by atoms with van der Waals surface area (Å²) in [4.78, 5) is 2.37. The van der Waals surface area contributed by atoms with Gasteiger partial charge < -0.3 is 9.64 Å². The van der Waals surface area contributed by atoms with Crippen LogP contribution in [0.4, 0.5) is 0 Å². The van der Waals surface area contributed by atoms with Gasteiger partial charge in [0.2, 0.25) is 0 Å². The molecular weight excluding hydrogens is 288 g/mol. The Morgan fingerprint density at radius 2 is 1.76 bits per heavy atom. The van der Waals surface area contributed by atoms with Crippen LogP contribution >= 0.6 is 0 Å². The molecule has 0 spiro atoms. The molecule has 0 aliphatic carbocycles. The number of hydrogen-bond donors (Lipinski definition) is 0. The lowest BCUT2D eigenvalue weighted by molar-refractivity contribution is 0.415. The third kappa shape index (κ3) is 2.44. The predicted octanol–water partition coefficient (Wildman–Crippen LogP) is 2.26. The largest absolute Gasteiger partial charge is 0.497 e. The van der Waals surface area contributed by atoms with Crippen molar-refractivity contribution in [1.82, 2.24) is 4.90 Å². The van der Waals surface area contributed by atoms with Crippen LogP contribution in [-0.2, 0) is 10.0 Å². The maximum absolute atomic E-state index is 12.4. The molecule has 21 heavy (non-hydrogen) atoms. The molecule has 0 bridgehead atoms. The Kier molecular flexibility index (Phi) is 3.49. The number of likely N-dealkylation sites (tertiary alicyclic amines) is 1. The molecule has 1 aromatic carbocycles. The maximum Gasteiger partial charge on any atom is 0.285 e. The minimum Gasteiger partial charge on any atom is -0.497 e. The molecule has 3 rings (SSSR count). The maximum atomic E-state index is 12.4. The summed E-state index contributed by atoms with van der Waals surface area (Å²) in [6, 6.07) is 7.05. The van der Waals surface area contributed by atoms with Crippen LogP contribution < -0.4 is 4.74 Å². The van der Waals surface area contributed by atoms with E-state index >= 15 is 0 Å².